The Bertz CT molecular complexity index is 1190. The number of benzene rings is 3. The van der Waals surface area contributed by atoms with E-state index in [1.54, 1.807) is 11.3 Å². The van der Waals surface area contributed by atoms with Crippen LogP contribution in [0.15, 0.2) is 66.7 Å². The molecule has 2 N–H and O–H groups in total. The number of nitrogens with one attached hydrogen (secondary N) is 2. The number of anilines is 1. The van der Waals surface area contributed by atoms with Gasteiger partial charge in [-0.25, -0.2) is 9.37 Å². The van der Waals surface area contributed by atoms with E-state index in [4.69, 9.17) is 12.2 Å². The van der Waals surface area contributed by atoms with Crippen LogP contribution in [-0.2, 0) is 0 Å². The molecule has 1 heterocycles. The van der Waals surface area contributed by atoms with Gasteiger partial charge in [0.25, 0.3) is 5.91 Å². The molecule has 0 saturated carbocycles. The van der Waals surface area contributed by atoms with E-state index in [1.165, 1.54) is 24.3 Å². The molecule has 0 aliphatic carbocycles. The average Bonchev–Trinajstić information content (AvgIpc) is 3.14. The van der Waals surface area contributed by atoms with Gasteiger partial charge in [0.05, 0.1) is 10.2 Å². The zero-order chi connectivity index (χ0) is 20.4. The minimum absolute atomic E-state index is 0.170. The van der Waals surface area contributed by atoms with Gasteiger partial charge in [-0.1, -0.05) is 24.3 Å². The summed E-state index contributed by atoms with van der Waals surface area (Å²) in [6.07, 6.45) is 0. The van der Waals surface area contributed by atoms with E-state index in [0.717, 1.165) is 32.0 Å². The largest absolute Gasteiger partial charge is 0.332 e. The highest BCUT2D eigenvalue weighted by molar-refractivity contribution is 7.80. The van der Waals surface area contributed by atoms with E-state index in [1.807, 2.05) is 49.4 Å². The summed E-state index contributed by atoms with van der Waals surface area (Å²) < 4.78 is 14.1. The lowest BCUT2D eigenvalue weighted by Crippen LogP contribution is -2.34. The average molecular weight is 422 g/mol. The molecule has 0 radical (unpaired) electrons. The molecular formula is C22H16FN3OS2. The predicted octanol–water partition coefficient (Wildman–Crippen LogP) is 5.54. The van der Waals surface area contributed by atoms with Gasteiger partial charge in [0.1, 0.15) is 10.8 Å². The fraction of sp³-hybridized carbons (Fsp3) is 0.0455. The number of nitrogens with zero attached hydrogens (tertiary/aromatic N) is 1. The third kappa shape index (κ3) is 4.31. The van der Waals surface area contributed by atoms with Gasteiger partial charge in [-0.2, -0.15) is 0 Å². The van der Waals surface area contributed by atoms with E-state index in [0.29, 0.717) is 5.56 Å². The van der Waals surface area contributed by atoms with Crippen LogP contribution in [-0.4, -0.2) is 16.0 Å². The van der Waals surface area contributed by atoms with Crippen molar-refractivity contribution in [1.82, 2.24) is 10.3 Å². The van der Waals surface area contributed by atoms with Crippen molar-refractivity contribution >= 4 is 50.5 Å². The Kier molecular flexibility index (Phi) is 5.33. The number of aromatic nitrogens is 1. The van der Waals surface area contributed by atoms with Crippen LogP contribution in [0, 0.1) is 12.7 Å². The number of halogens is 1. The molecule has 0 fully saturated rings. The van der Waals surface area contributed by atoms with Crippen LogP contribution >= 0.6 is 23.6 Å². The van der Waals surface area contributed by atoms with E-state index < -0.39 is 11.7 Å². The van der Waals surface area contributed by atoms with Crippen LogP contribution in [0.3, 0.4) is 0 Å². The summed E-state index contributed by atoms with van der Waals surface area (Å²) in [7, 11) is 0. The maximum absolute atomic E-state index is 13.0. The number of aryl methyl sites for hydroxylation is 1. The minimum Gasteiger partial charge on any atom is -0.332 e. The molecule has 0 aliphatic rings. The molecule has 4 rings (SSSR count). The van der Waals surface area contributed by atoms with Crippen molar-refractivity contribution in [2.45, 2.75) is 6.92 Å². The van der Waals surface area contributed by atoms with Gasteiger partial charge >= 0.3 is 0 Å². The van der Waals surface area contributed by atoms with E-state index in [-0.39, 0.29) is 5.11 Å². The first kappa shape index (κ1) is 19.2. The van der Waals surface area contributed by atoms with Crippen molar-refractivity contribution in [3.05, 3.63) is 83.7 Å². The zero-order valence-corrected chi connectivity index (χ0v) is 17.0. The van der Waals surface area contributed by atoms with Crippen LogP contribution in [0.1, 0.15) is 15.9 Å². The Hall–Kier alpha value is -3.16. The van der Waals surface area contributed by atoms with Gasteiger partial charge in [-0.15, -0.1) is 11.3 Å². The smallest absolute Gasteiger partial charge is 0.257 e. The maximum atomic E-state index is 13.0. The fourth-order valence-electron chi connectivity index (χ4n) is 2.82. The van der Waals surface area contributed by atoms with Gasteiger partial charge in [-0.3, -0.25) is 10.1 Å². The molecule has 0 unspecified atom stereocenters. The first-order valence-electron chi connectivity index (χ1n) is 8.84. The first-order chi connectivity index (χ1) is 14.0. The molecule has 1 amide bonds. The monoisotopic (exact) mass is 421 g/mol. The Balaban J connectivity index is 1.52. The summed E-state index contributed by atoms with van der Waals surface area (Å²) in [6.45, 7) is 1.95. The standard InChI is InChI=1S/C22H16FN3OS2/c1-13-6-7-15(21-24-17-4-2-3-5-19(17)29-21)12-18(13)25-22(28)26-20(27)14-8-10-16(23)11-9-14/h2-12H,1H3,(H2,25,26,27,28). The molecule has 0 spiro atoms. The summed E-state index contributed by atoms with van der Waals surface area (Å²) in [5.41, 5.74) is 4.02. The van der Waals surface area contributed by atoms with Crippen molar-refractivity contribution in [2.75, 3.05) is 5.32 Å². The highest BCUT2D eigenvalue weighted by atomic mass is 32.1. The lowest BCUT2D eigenvalue weighted by molar-refractivity contribution is 0.0977. The Morgan fingerprint density at radius 2 is 1.83 bits per heavy atom. The van der Waals surface area contributed by atoms with Gasteiger partial charge in [0.2, 0.25) is 0 Å². The molecule has 0 atom stereocenters. The van der Waals surface area contributed by atoms with Crippen LogP contribution < -0.4 is 10.6 Å². The topological polar surface area (TPSA) is 54.0 Å². The second-order valence-corrected chi connectivity index (χ2v) is 7.87. The lowest BCUT2D eigenvalue weighted by atomic mass is 10.1. The van der Waals surface area contributed by atoms with Crippen molar-refractivity contribution in [3.63, 3.8) is 0 Å². The van der Waals surface area contributed by atoms with E-state index >= 15 is 0 Å². The third-order valence-corrected chi connectivity index (χ3v) is 5.65. The summed E-state index contributed by atoms with van der Waals surface area (Å²) in [5.74, 6) is -0.799. The number of amides is 1. The van der Waals surface area contributed by atoms with Crippen molar-refractivity contribution in [1.29, 1.82) is 0 Å². The number of thiazole rings is 1. The second kappa shape index (κ2) is 8.06. The molecule has 29 heavy (non-hydrogen) atoms. The SMILES string of the molecule is Cc1ccc(-c2nc3ccccc3s2)cc1NC(=S)NC(=O)c1ccc(F)cc1. The minimum atomic E-state index is -0.400. The van der Waals surface area contributed by atoms with Gasteiger partial charge in [0, 0.05) is 16.8 Å². The molecule has 0 bridgehead atoms. The zero-order valence-electron chi connectivity index (χ0n) is 15.4. The molecule has 0 aliphatic heterocycles. The van der Waals surface area contributed by atoms with Crippen molar-refractivity contribution in [2.24, 2.45) is 0 Å². The quantitative estimate of drug-likeness (QED) is 0.427. The van der Waals surface area contributed by atoms with Crippen molar-refractivity contribution in [3.8, 4) is 10.6 Å². The molecule has 7 heteroatoms. The summed E-state index contributed by atoms with van der Waals surface area (Å²) in [4.78, 5) is 16.9. The fourth-order valence-corrected chi connectivity index (χ4v) is 3.98. The number of thiocarbonyl (C=S) groups is 1. The second-order valence-electron chi connectivity index (χ2n) is 6.43. The molecule has 1 aromatic heterocycles. The van der Waals surface area contributed by atoms with E-state index in [9.17, 15) is 9.18 Å². The van der Waals surface area contributed by atoms with Crippen LogP contribution in [0.2, 0.25) is 0 Å². The van der Waals surface area contributed by atoms with Crippen molar-refractivity contribution < 1.29 is 9.18 Å². The number of carbonyl (C=O) groups excluding carboxylic acids is 1. The molecule has 3 aromatic carbocycles. The highest BCUT2D eigenvalue weighted by Gasteiger charge is 2.11. The first-order valence-corrected chi connectivity index (χ1v) is 10.1. The molecule has 4 nitrogen and oxygen atoms in total. The lowest BCUT2D eigenvalue weighted by Gasteiger charge is -2.13. The van der Waals surface area contributed by atoms with Crippen LogP contribution in [0.5, 0.6) is 0 Å². The Morgan fingerprint density at radius 1 is 1.07 bits per heavy atom. The van der Waals surface area contributed by atoms with Crippen LogP contribution in [0.4, 0.5) is 10.1 Å². The third-order valence-electron chi connectivity index (χ3n) is 4.36. The Labute approximate surface area is 176 Å². The Morgan fingerprint density at radius 3 is 2.59 bits per heavy atom. The van der Waals surface area contributed by atoms with Gasteiger partial charge < -0.3 is 5.32 Å². The summed E-state index contributed by atoms with van der Waals surface area (Å²) in [6, 6.07) is 19.2. The van der Waals surface area contributed by atoms with Gasteiger partial charge in [-0.05, 0) is 67.2 Å². The number of fused-ring (bicyclic) bond motifs is 1. The molecule has 144 valence electrons. The number of hydrogen-bond donors (Lipinski definition) is 2. The molecule has 0 saturated heterocycles. The molecule has 4 aromatic rings. The molecular weight excluding hydrogens is 405 g/mol. The number of carbonyl (C=O) groups is 1. The van der Waals surface area contributed by atoms with E-state index in [2.05, 4.69) is 15.6 Å². The van der Waals surface area contributed by atoms with Gasteiger partial charge in [0.15, 0.2) is 5.11 Å². The summed E-state index contributed by atoms with van der Waals surface area (Å²) >= 11 is 6.90. The highest BCUT2D eigenvalue weighted by Crippen LogP contribution is 2.32. The maximum Gasteiger partial charge on any atom is 0.257 e. The predicted molar refractivity (Wildman–Crippen MR) is 120 cm³/mol. The number of para-hydroxylation sites is 1. The summed E-state index contributed by atoms with van der Waals surface area (Å²) in [5, 5.41) is 6.77. The van der Waals surface area contributed by atoms with Crippen LogP contribution in [0.25, 0.3) is 20.8 Å². The number of rotatable bonds is 3. The number of hydrogen-bond acceptors (Lipinski definition) is 4. The normalized spacial score (nSPS) is 10.7.